The van der Waals surface area contributed by atoms with Crippen LogP contribution in [0.1, 0.15) is 0 Å². The number of hydrogen-bond acceptors (Lipinski definition) is 3. The topological polar surface area (TPSA) is 41.6 Å². The second-order valence-corrected chi connectivity index (χ2v) is 3.53. The molecule has 2 atom stereocenters. The summed E-state index contributed by atoms with van der Waals surface area (Å²) >= 11 is 0. The second-order valence-electron chi connectivity index (χ2n) is 3.53. The van der Waals surface area contributed by atoms with Crippen molar-refractivity contribution in [3.8, 4) is 0 Å². The molecule has 1 amide bonds. The van der Waals surface area contributed by atoms with Gasteiger partial charge in [-0.25, -0.2) is 5.06 Å². The van der Waals surface area contributed by atoms with Gasteiger partial charge < -0.3 is 5.32 Å². The lowest BCUT2D eigenvalue weighted by atomic mass is 10.2. The monoisotopic (exact) mass is 170 g/mol. The Morgan fingerprint density at radius 1 is 1.50 bits per heavy atom. The first-order chi connectivity index (χ1) is 5.75. The lowest BCUT2D eigenvalue weighted by molar-refractivity contribution is -0.171. The molecule has 0 radical (unpaired) electrons. The van der Waals surface area contributed by atoms with Gasteiger partial charge in [-0.15, -0.1) is 0 Å². The van der Waals surface area contributed by atoms with Crippen molar-refractivity contribution in [2.45, 2.75) is 0 Å². The van der Waals surface area contributed by atoms with Crippen molar-refractivity contribution in [3.05, 3.63) is 0 Å². The van der Waals surface area contributed by atoms with Gasteiger partial charge >= 0.3 is 0 Å². The smallest absolute Gasteiger partial charge is 0.249 e. The highest BCUT2D eigenvalue weighted by Crippen LogP contribution is 2.49. The number of carbonyl (C=O) groups excluding carboxylic acids is 1. The maximum Gasteiger partial charge on any atom is 0.249 e. The summed E-state index contributed by atoms with van der Waals surface area (Å²) in [7, 11) is 3.19. The first-order valence-electron chi connectivity index (χ1n) is 4.28. The molecule has 2 aliphatic rings. The van der Waals surface area contributed by atoms with Crippen LogP contribution < -0.4 is 5.32 Å². The number of amides is 1. The molecule has 0 spiro atoms. The van der Waals surface area contributed by atoms with E-state index < -0.39 is 0 Å². The maximum absolute atomic E-state index is 11.5. The quantitative estimate of drug-likeness (QED) is 0.566. The molecule has 0 aromatic carbocycles. The van der Waals surface area contributed by atoms with E-state index in [1.807, 2.05) is 0 Å². The molecule has 4 nitrogen and oxygen atoms in total. The van der Waals surface area contributed by atoms with Gasteiger partial charge in [0.15, 0.2) is 0 Å². The maximum atomic E-state index is 11.5. The lowest BCUT2D eigenvalue weighted by Gasteiger charge is -2.14. The minimum atomic E-state index is 0.133. The molecule has 4 heteroatoms. The Morgan fingerprint density at radius 2 is 2.08 bits per heavy atom. The molecular formula is C8H14N2O2. The molecule has 12 heavy (non-hydrogen) atoms. The van der Waals surface area contributed by atoms with Crippen molar-refractivity contribution < 1.29 is 9.63 Å². The summed E-state index contributed by atoms with van der Waals surface area (Å²) in [5.41, 5.74) is 0. The van der Waals surface area contributed by atoms with Crippen molar-refractivity contribution in [2.75, 3.05) is 27.2 Å². The minimum Gasteiger partial charge on any atom is -0.316 e. The average molecular weight is 170 g/mol. The molecule has 2 unspecified atom stereocenters. The van der Waals surface area contributed by atoms with Gasteiger partial charge in [0, 0.05) is 13.0 Å². The summed E-state index contributed by atoms with van der Waals surface area (Å²) in [4.78, 5) is 16.4. The molecule has 68 valence electrons. The summed E-state index contributed by atoms with van der Waals surface area (Å²) in [5, 5.41) is 4.59. The van der Waals surface area contributed by atoms with E-state index >= 15 is 0 Å². The molecule has 1 aliphatic carbocycles. The Balaban J connectivity index is 1.91. The highest BCUT2D eigenvalue weighted by Gasteiger charge is 2.57. The van der Waals surface area contributed by atoms with Gasteiger partial charge in [0.25, 0.3) is 0 Å². The van der Waals surface area contributed by atoms with E-state index in [2.05, 4.69) is 5.32 Å². The van der Waals surface area contributed by atoms with Gasteiger partial charge in [0.1, 0.15) is 0 Å². The zero-order valence-corrected chi connectivity index (χ0v) is 7.41. The second kappa shape index (κ2) is 2.71. The Hall–Kier alpha value is -0.610. The van der Waals surface area contributed by atoms with E-state index in [0.717, 1.165) is 13.1 Å². The molecule has 1 aliphatic heterocycles. The van der Waals surface area contributed by atoms with Crippen LogP contribution in [0.4, 0.5) is 0 Å². The molecule has 2 fully saturated rings. The zero-order chi connectivity index (χ0) is 8.72. The third kappa shape index (κ3) is 1.03. The Labute approximate surface area is 71.8 Å². The summed E-state index contributed by atoms with van der Waals surface area (Å²) in [6.45, 7) is 2.00. The van der Waals surface area contributed by atoms with Gasteiger partial charge in [-0.1, -0.05) is 0 Å². The molecule has 0 bridgehead atoms. The van der Waals surface area contributed by atoms with Gasteiger partial charge in [-0.2, -0.15) is 0 Å². The Bertz CT molecular complexity index is 197. The van der Waals surface area contributed by atoms with Crippen molar-refractivity contribution >= 4 is 5.91 Å². The first-order valence-corrected chi connectivity index (χ1v) is 4.28. The first kappa shape index (κ1) is 8.01. The van der Waals surface area contributed by atoms with Crippen molar-refractivity contribution in [3.63, 3.8) is 0 Å². The molecular weight excluding hydrogens is 156 g/mol. The van der Waals surface area contributed by atoms with Crippen molar-refractivity contribution in [1.82, 2.24) is 10.4 Å². The number of rotatable bonds is 2. The van der Waals surface area contributed by atoms with Gasteiger partial charge in [-0.3, -0.25) is 9.63 Å². The standard InChI is InChI=1S/C8H14N2O2/c1-10(12-2)8(11)7-5-3-9-4-6(5)7/h5-7,9H,3-4H2,1-2H3. The van der Waals surface area contributed by atoms with Crippen LogP contribution in [0.3, 0.4) is 0 Å². The third-order valence-electron chi connectivity index (χ3n) is 2.96. The van der Waals surface area contributed by atoms with Crippen LogP contribution in [0.2, 0.25) is 0 Å². The highest BCUT2D eigenvalue weighted by atomic mass is 16.7. The number of fused-ring (bicyclic) bond motifs is 1. The predicted octanol–water partition coefficient (Wildman–Crippen LogP) is -0.528. The third-order valence-corrected chi connectivity index (χ3v) is 2.96. The summed E-state index contributed by atoms with van der Waals surface area (Å²) in [6.07, 6.45) is 0. The number of nitrogens with zero attached hydrogens (tertiary/aromatic N) is 1. The highest BCUT2D eigenvalue weighted by molar-refractivity contribution is 5.81. The fraction of sp³-hybridized carbons (Fsp3) is 0.875. The summed E-state index contributed by atoms with van der Waals surface area (Å²) < 4.78 is 0. The van der Waals surface area contributed by atoms with Crippen LogP contribution in [-0.2, 0) is 9.63 Å². The van der Waals surface area contributed by atoms with E-state index in [9.17, 15) is 4.79 Å². The average Bonchev–Trinajstić information content (AvgIpc) is 2.56. The molecule has 2 rings (SSSR count). The SMILES string of the molecule is CON(C)C(=O)C1C2CNCC21. The Kier molecular flexibility index (Phi) is 1.81. The van der Waals surface area contributed by atoms with E-state index in [4.69, 9.17) is 4.84 Å². The van der Waals surface area contributed by atoms with Gasteiger partial charge in [0.2, 0.25) is 5.91 Å². The number of piperidine rings is 1. The number of nitrogens with one attached hydrogen (secondary N) is 1. The molecule has 1 saturated carbocycles. The van der Waals surface area contributed by atoms with Crippen LogP contribution in [0.25, 0.3) is 0 Å². The molecule has 1 heterocycles. The van der Waals surface area contributed by atoms with Crippen LogP contribution in [0, 0.1) is 17.8 Å². The molecule has 0 aromatic rings. The fourth-order valence-corrected chi connectivity index (χ4v) is 2.08. The molecule has 0 aromatic heterocycles. The fourth-order valence-electron chi connectivity index (χ4n) is 2.08. The van der Waals surface area contributed by atoms with Gasteiger partial charge in [0.05, 0.1) is 7.11 Å². The van der Waals surface area contributed by atoms with Gasteiger partial charge in [-0.05, 0) is 24.9 Å². The molecule has 1 saturated heterocycles. The molecule has 1 N–H and O–H groups in total. The Morgan fingerprint density at radius 3 is 2.58 bits per heavy atom. The van der Waals surface area contributed by atoms with Crippen LogP contribution in [-0.4, -0.2) is 38.2 Å². The lowest BCUT2D eigenvalue weighted by Crippen LogP contribution is -2.30. The van der Waals surface area contributed by atoms with E-state index in [0.29, 0.717) is 11.8 Å². The van der Waals surface area contributed by atoms with Crippen LogP contribution in [0.15, 0.2) is 0 Å². The van der Waals surface area contributed by atoms with Crippen LogP contribution >= 0.6 is 0 Å². The van der Waals surface area contributed by atoms with E-state index in [1.54, 1.807) is 7.05 Å². The normalized spacial score (nSPS) is 37.7. The van der Waals surface area contributed by atoms with Crippen LogP contribution in [0.5, 0.6) is 0 Å². The minimum absolute atomic E-state index is 0.133. The summed E-state index contributed by atoms with van der Waals surface area (Å²) in [6, 6.07) is 0. The van der Waals surface area contributed by atoms with E-state index in [1.165, 1.54) is 12.2 Å². The summed E-state index contributed by atoms with van der Waals surface area (Å²) in [5.74, 6) is 1.52. The predicted molar refractivity (Wildman–Crippen MR) is 43.1 cm³/mol. The zero-order valence-electron chi connectivity index (χ0n) is 7.41. The number of hydrogen-bond donors (Lipinski definition) is 1. The number of hydroxylamine groups is 2. The van der Waals surface area contributed by atoms with Crippen molar-refractivity contribution in [2.24, 2.45) is 17.8 Å². The number of carbonyl (C=O) groups is 1. The van der Waals surface area contributed by atoms with Crippen molar-refractivity contribution in [1.29, 1.82) is 0 Å². The largest absolute Gasteiger partial charge is 0.316 e. The van der Waals surface area contributed by atoms with E-state index in [-0.39, 0.29) is 11.8 Å².